The predicted molar refractivity (Wildman–Crippen MR) is 236 cm³/mol. The van der Waals surface area contributed by atoms with Crippen LogP contribution in [0.3, 0.4) is 0 Å². The summed E-state index contributed by atoms with van der Waals surface area (Å²) in [6.45, 7) is 8.57. The number of methoxy groups -OCH3 is 2. The molecule has 1 aliphatic carbocycles. The molecule has 9 atom stereocenters. The highest BCUT2D eigenvalue weighted by Gasteiger charge is 2.42. The summed E-state index contributed by atoms with van der Waals surface area (Å²) in [6, 6.07) is 0.272. The number of aliphatic hydroxyl groups excluding tert-OH is 1. The molecule has 4 aliphatic rings. The van der Waals surface area contributed by atoms with Crippen LogP contribution < -0.4 is 32.3 Å². The zero-order valence-electron chi connectivity index (χ0n) is 37.2. The Bertz CT molecular complexity index is 1800. The van der Waals surface area contributed by atoms with Crippen molar-refractivity contribution in [2.24, 2.45) is 17.6 Å². The molecule has 2 fully saturated rings. The van der Waals surface area contributed by atoms with Crippen LogP contribution >= 0.6 is 11.8 Å². The quantitative estimate of drug-likeness (QED) is 0.0451. The monoisotopic (exact) mass is 902 g/mol. The Kier molecular flexibility index (Phi) is 20.8. The number of unbranched alkanes of at least 4 members (excludes halogenated alkanes) is 1. The van der Waals surface area contributed by atoms with E-state index >= 15 is 0 Å². The molecule has 5 amide bonds. The molecule has 3 aliphatic heterocycles. The highest BCUT2D eigenvalue weighted by molar-refractivity contribution is 8.00. The maximum Gasteiger partial charge on any atom is 0.405 e. The third kappa shape index (κ3) is 15.6. The highest BCUT2D eigenvalue weighted by atomic mass is 32.2. The number of fused-ring (bicyclic) bond motifs is 3. The number of carbonyl (C=O) groups excluding carboxylic acids is 6. The summed E-state index contributed by atoms with van der Waals surface area (Å²) in [5.74, 6) is -1.50. The van der Waals surface area contributed by atoms with Gasteiger partial charge in [-0.2, -0.15) is 11.8 Å². The van der Waals surface area contributed by atoms with Crippen LogP contribution in [0.15, 0.2) is 58.5 Å². The first kappa shape index (κ1) is 51.1. The topological polar surface area (TPSA) is 255 Å². The molecule has 350 valence electrons. The van der Waals surface area contributed by atoms with Gasteiger partial charge in [0.2, 0.25) is 17.5 Å². The van der Waals surface area contributed by atoms with E-state index in [0.717, 1.165) is 31.1 Å². The summed E-state index contributed by atoms with van der Waals surface area (Å²) in [7, 11) is 2.90. The van der Waals surface area contributed by atoms with Crippen molar-refractivity contribution in [3.05, 3.63) is 58.5 Å². The smallest absolute Gasteiger partial charge is 0.405 e. The number of hydrogen-bond acceptors (Lipinski definition) is 14. The largest absolute Gasteiger partial charge is 0.439 e. The van der Waals surface area contributed by atoms with E-state index in [2.05, 4.69) is 26.6 Å². The Morgan fingerprint density at radius 1 is 0.984 bits per heavy atom. The van der Waals surface area contributed by atoms with Gasteiger partial charge in [-0.3, -0.25) is 19.2 Å². The van der Waals surface area contributed by atoms with Gasteiger partial charge in [-0.15, -0.1) is 0 Å². The van der Waals surface area contributed by atoms with Crippen molar-refractivity contribution < 1.29 is 57.6 Å². The molecule has 63 heavy (non-hydrogen) atoms. The van der Waals surface area contributed by atoms with Gasteiger partial charge in [0.25, 0.3) is 5.91 Å². The maximum absolute atomic E-state index is 14.0. The van der Waals surface area contributed by atoms with Crippen molar-refractivity contribution in [1.29, 1.82) is 0 Å². The third-order valence-electron chi connectivity index (χ3n) is 11.4. The molecule has 19 heteroatoms. The maximum atomic E-state index is 14.0. The van der Waals surface area contributed by atoms with Gasteiger partial charge in [0.1, 0.15) is 6.10 Å². The number of carbonyl (C=O) groups is 6. The second kappa shape index (κ2) is 25.7. The number of hydrogen-bond donors (Lipinski definition) is 7. The molecule has 2 saturated heterocycles. The lowest BCUT2D eigenvalue weighted by Gasteiger charge is -2.30. The molecule has 0 saturated carbocycles. The lowest BCUT2D eigenvalue weighted by molar-refractivity contribution is -0.121. The summed E-state index contributed by atoms with van der Waals surface area (Å²) in [6.07, 6.45) is 6.49. The van der Waals surface area contributed by atoms with Gasteiger partial charge in [0.15, 0.2) is 6.10 Å². The fourth-order valence-electron chi connectivity index (χ4n) is 7.97. The molecule has 3 heterocycles. The number of nitrogens with one attached hydrogen (secondary N) is 5. The minimum Gasteiger partial charge on any atom is -0.439 e. The van der Waals surface area contributed by atoms with E-state index < -0.39 is 53.9 Å². The lowest BCUT2D eigenvalue weighted by Crippen LogP contribution is -2.38. The molecule has 0 aromatic carbocycles. The summed E-state index contributed by atoms with van der Waals surface area (Å²) < 4.78 is 28.0. The van der Waals surface area contributed by atoms with Crippen molar-refractivity contribution in [3.63, 3.8) is 0 Å². The van der Waals surface area contributed by atoms with Gasteiger partial charge >= 0.3 is 12.1 Å². The number of rotatable bonds is 18. The molecular formula is C44H66N6O12S. The summed E-state index contributed by atoms with van der Waals surface area (Å²) >= 11 is 1.87. The Balaban J connectivity index is 1.29. The number of aliphatic hydroxyl groups is 1. The summed E-state index contributed by atoms with van der Waals surface area (Å²) in [5, 5.41) is 26.3. The van der Waals surface area contributed by atoms with Crippen LogP contribution in [0.4, 0.5) is 9.59 Å². The zero-order chi connectivity index (χ0) is 46.1. The molecule has 2 bridgehead atoms. The van der Waals surface area contributed by atoms with Crippen LogP contribution in [-0.4, -0.2) is 142 Å². The van der Waals surface area contributed by atoms with Crippen molar-refractivity contribution >= 4 is 47.3 Å². The number of ketones is 2. The van der Waals surface area contributed by atoms with E-state index in [0.29, 0.717) is 36.8 Å². The first-order chi connectivity index (χ1) is 30.1. The second-order valence-corrected chi connectivity index (χ2v) is 17.6. The normalized spacial score (nSPS) is 30.5. The number of amides is 5. The number of nitrogens with two attached hydrogens (primary N) is 1. The highest BCUT2D eigenvalue weighted by Crippen LogP contribution is 2.33. The zero-order valence-corrected chi connectivity index (χ0v) is 38.0. The number of Topliss-reactive ketones (excluding diaryl/α,β-unsaturated/α-hetero) is 1. The molecule has 0 radical (unpaired) electrons. The number of urea groups is 1. The number of ether oxygens (including phenoxy) is 5. The fraction of sp³-hybridized carbons (Fsp3) is 0.636. The molecule has 0 unspecified atom stereocenters. The Hall–Kier alpha value is -4.53. The van der Waals surface area contributed by atoms with Crippen LogP contribution in [0.1, 0.15) is 66.2 Å². The summed E-state index contributed by atoms with van der Waals surface area (Å²) in [4.78, 5) is 76.5. The molecular weight excluding hydrogens is 837 g/mol. The SMILES string of the molecule is CO[C@H]1C[C@H](C)CC2=C(NCCOCCOCCNC(=O)CCCC[C@@H]3SC[C@@H]4NC(=O)N[C@@H]43)C(=O)C=C(NC(=O)/C(C)=C/C=C\[C@@H](OC)[C@@H](OC(N)=O)/C(C)=C/[C@H](C)[C@H]1O)C2=O. The van der Waals surface area contributed by atoms with Crippen molar-refractivity contribution in [2.45, 2.75) is 108 Å². The van der Waals surface area contributed by atoms with Crippen LogP contribution in [0, 0.1) is 11.8 Å². The minimum absolute atomic E-state index is 0.0324. The number of primary amides is 1. The molecule has 4 rings (SSSR count). The average Bonchev–Trinajstić information content (AvgIpc) is 3.80. The van der Waals surface area contributed by atoms with E-state index in [-0.39, 0.29) is 85.3 Å². The molecule has 8 N–H and O–H groups in total. The van der Waals surface area contributed by atoms with E-state index in [4.69, 9.17) is 29.4 Å². The number of thioether (sulfide) groups is 1. The molecule has 18 nitrogen and oxygen atoms in total. The fourth-order valence-corrected chi connectivity index (χ4v) is 9.52. The van der Waals surface area contributed by atoms with Gasteiger partial charge in [0, 0.05) is 67.9 Å². The predicted octanol–water partition coefficient (Wildman–Crippen LogP) is 2.23. The summed E-state index contributed by atoms with van der Waals surface area (Å²) in [5.41, 5.74) is 6.28. The van der Waals surface area contributed by atoms with Gasteiger partial charge in [-0.05, 0) is 51.0 Å². The Labute approximate surface area is 374 Å². The molecule has 0 spiro atoms. The van der Waals surface area contributed by atoms with Gasteiger partial charge < -0.3 is 61.1 Å². The molecule has 0 aromatic heterocycles. The van der Waals surface area contributed by atoms with Crippen LogP contribution in [0.25, 0.3) is 0 Å². The second-order valence-electron chi connectivity index (χ2n) is 16.3. The van der Waals surface area contributed by atoms with Crippen molar-refractivity contribution in [2.75, 3.05) is 59.5 Å². The first-order valence-corrected chi connectivity index (χ1v) is 22.6. The van der Waals surface area contributed by atoms with Crippen molar-refractivity contribution in [3.8, 4) is 0 Å². The van der Waals surface area contributed by atoms with Crippen LogP contribution in [0.2, 0.25) is 0 Å². The van der Waals surface area contributed by atoms with E-state index in [1.165, 1.54) is 27.2 Å². The van der Waals surface area contributed by atoms with Crippen LogP contribution in [0.5, 0.6) is 0 Å². The third-order valence-corrected chi connectivity index (χ3v) is 12.9. The van der Waals surface area contributed by atoms with E-state index in [9.17, 15) is 33.9 Å². The van der Waals surface area contributed by atoms with Gasteiger partial charge in [0.05, 0.1) is 62.1 Å². The number of allylic oxidation sites excluding steroid dienone is 4. The lowest BCUT2D eigenvalue weighted by atomic mass is 9.85. The minimum atomic E-state index is -1.02. The van der Waals surface area contributed by atoms with Crippen LogP contribution in [-0.2, 0) is 42.9 Å². The van der Waals surface area contributed by atoms with Gasteiger partial charge in [-0.25, -0.2) is 9.59 Å². The Morgan fingerprint density at radius 3 is 2.41 bits per heavy atom. The first-order valence-electron chi connectivity index (χ1n) is 21.6. The van der Waals surface area contributed by atoms with Gasteiger partial charge in [-0.1, -0.05) is 44.6 Å². The van der Waals surface area contributed by atoms with Crippen molar-refractivity contribution in [1.82, 2.24) is 26.6 Å². The molecule has 0 aromatic rings. The van der Waals surface area contributed by atoms with E-state index in [1.807, 2.05) is 18.7 Å². The average molecular weight is 903 g/mol. The van der Waals surface area contributed by atoms with E-state index in [1.54, 1.807) is 32.1 Å². The Morgan fingerprint density at radius 2 is 1.71 bits per heavy atom. The standard InChI is InChI=1S/C44H66N6O12S/c1-25-20-29-37(47-15-17-61-19-18-60-16-14-46-36(52)13-8-7-12-35-38-31(24-63-35)49-44(57)50-38)32(51)23-30(40(29)54)48-42(55)26(2)10-9-11-33(58-5)41(62-43(45)56)28(4)22-27(3)39(53)34(21-25)59-6/h9-11,22-23,25,27,31,33-35,38-39,41,47,53H,7-8,12-21,24H2,1-6H3,(H2,45,56)(H,46,52)(H,48,55)(H2,49,50,57)/b11-9-,26-10+,28-22+/t25-,27+,31+,33-,34+,35+,38+,39-,41+/m1/s1.